The van der Waals surface area contributed by atoms with Crippen LogP contribution in [0.3, 0.4) is 0 Å². The highest BCUT2D eigenvalue weighted by molar-refractivity contribution is 7.91. The first-order valence-electron chi connectivity index (χ1n) is 4.40. The number of nitrogens with one attached hydrogen (secondary N) is 1. The highest BCUT2D eigenvalue weighted by Crippen LogP contribution is 1.89. The van der Waals surface area contributed by atoms with Crippen LogP contribution in [0.2, 0.25) is 0 Å². The summed E-state index contributed by atoms with van der Waals surface area (Å²) in [5.41, 5.74) is 0. The van der Waals surface area contributed by atoms with Gasteiger partial charge in [-0.2, -0.15) is 0 Å². The summed E-state index contributed by atoms with van der Waals surface area (Å²) >= 11 is 0. The van der Waals surface area contributed by atoms with Gasteiger partial charge in [-0.15, -0.1) is 0 Å². The van der Waals surface area contributed by atoms with E-state index in [-0.39, 0.29) is 18.1 Å². The molecule has 5 heteroatoms. The molecule has 0 heterocycles. The van der Waals surface area contributed by atoms with E-state index in [4.69, 9.17) is 4.74 Å². The maximum Gasteiger partial charge on any atom is 0.153 e. The molecule has 0 aliphatic rings. The number of ether oxygens (including phenoxy) is 1. The zero-order chi connectivity index (χ0) is 10.3. The second kappa shape index (κ2) is 6.34. The molecule has 0 aliphatic heterocycles. The van der Waals surface area contributed by atoms with Gasteiger partial charge in [0, 0.05) is 19.7 Å². The Morgan fingerprint density at radius 1 is 1.31 bits per heavy atom. The summed E-state index contributed by atoms with van der Waals surface area (Å²) in [4.78, 5) is 0. The van der Waals surface area contributed by atoms with E-state index in [1.165, 1.54) is 7.11 Å². The van der Waals surface area contributed by atoms with Crippen LogP contribution in [-0.4, -0.2) is 46.2 Å². The summed E-state index contributed by atoms with van der Waals surface area (Å²) in [6.45, 7) is 4.78. The fourth-order valence-electron chi connectivity index (χ4n) is 0.815. The van der Waals surface area contributed by atoms with Crippen LogP contribution in [0.25, 0.3) is 0 Å². The van der Waals surface area contributed by atoms with Gasteiger partial charge in [0.15, 0.2) is 9.84 Å². The third-order valence-corrected chi connectivity index (χ3v) is 3.18. The predicted molar refractivity (Wildman–Crippen MR) is 53.7 cm³/mol. The number of hydrogen-bond acceptors (Lipinski definition) is 4. The molecule has 0 aliphatic carbocycles. The van der Waals surface area contributed by atoms with Crippen molar-refractivity contribution >= 4 is 9.84 Å². The largest absolute Gasteiger partial charge is 0.384 e. The Hall–Kier alpha value is -0.130. The lowest BCUT2D eigenvalue weighted by atomic mass is 10.4. The zero-order valence-corrected chi connectivity index (χ0v) is 9.36. The number of hydrogen-bond donors (Lipinski definition) is 1. The van der Waals surface area contributed by atoms with Gasteiger partial charge in [-0.1, -0.05) is 13.8 Å². The standard InChI is InChI=1S/C8H19NO3S/c1-8(2)9-4-6-13(10,11)7-5-12-3/h8-9H,4-7H2,1-3H3. The van der Waals surface area contributed by atoms with Gasteiger partial charge >= 0.3 is 0 Å². The molecule has 0 aromatic carbocycles. The van der Waals surface area contributed by atoms with Crippen molar-refractivity contribution in [2.45, 2.75) is 19.9 Å². The Labute approximate surface area is 80.6 Å². The van der Waals surface area contributed by atoms with E-state index in [9.17, 15) is 8.42 Å². The number of sulfone groups is 1. The highest BCUT2D eigenvalue weighted by Gasteiger charge is 2.09. The molecule has 0 bridgehead atoms. The second-order valence-corrected chi connectivity index (χ2v) is 5.56. The van der Waals surface area contributed by atoms with E-state index in [1.807, 2.05) is 13.8 Å². The van der Waals surface area contributed by atoms with Gasteiger partial charge in [-0.25, -0.2) is 8.42 Å². The monoisotopic (exact) mass is 209 g/mol. The zero-order valence-electron chi connectivity index (χ0n) is 8.54. The predicted octanol–water partition coefficient (Wildman–Crippen LogP) is 0.0456. The van der Waals surface area contributed by atoms with Crippen LogP contribution in [0, 0.1) is 0 Å². The molecule has 0 radical (unpaired) electrons. The van der Waals surface area contributed by atoms with E-state index >= 15 is 0 Å². The maximum atomic E-state index is 11.3. The van der Waals surface area contributed by atoms with Crippen molar-refractivity contribution in [3.63, 3.8) is 0 Å². The van der Waals surface area contributed by atoms with Gasteiger partial charge in [-0.05, 0) is 0 Å². The Morgan fingerprint density at radius 2 is 1.92 bits per heavy atom. The fourth-order valence-corrected chi connectivity index (χ4v) is 1.87. The van der Waals surface area contributed by atoms with Crippen LogP contribution in [0.1, 0.15) is 13.8 Å². The topological polar surface area (TPSA) is 55.4 Å². The van der Waals surface area contributed by atoms with Gasteiger partial charge in [0.2, 0.25) is 0 Å². The van der Waals surface area contributed by atoms with Gasteiger partial charge in [0.1, 0.15) is 0 Å². The van der Waals surface area contributed by atoms with Gasteiger partial charge in [0.05, 0.1) is 18.1 Å². The van der Waals surface area contributed by atoms with E-state index in [2.05, 4.69) is 5.32 Å². The summed E-state index contributed by atoms with van der Waals surface area (Å²) in [5, 5.41) is 3.06. The lowest BCUT2D eigenvalue weighted by molar-refractivity contribution is 0.217. The molecule has 0 fully saturated rings. The lowest BCUT2D eigenvalue weighted by Crippen LogP contribution is -2.30. The molecule has 0 spiro atoms. The second-order valence-electron chi connectivity index (χ2n) is 3.25. The summed E-state index contributed by atoms with van der Waals surface area (Å²) in [6.07, 6.45) is 0. The molecule has 13 heavy (non-hydrogen) atoms. The van der Waals surface area contributed by atoms with E-state index in [0.29, 0.717) is 12.6 Å². The van der Waals surface area contributed by atoms with Crippen LogP contribution < -0.4 is 5.32 Å². The van der Waals surface area contributed by atoms with Crippen LogP contribution >= 0.6 is 0 Å². The Bertz CT molecular complexity index is 211. The molecule has 0 amide bonds. The molecular formula is C8H19NO3S. The van der Waals surface area contributed by atoms with Crippen molar-refractivity contribution in [2.24, 2.45) is 0 Å². The average Bonchev–Trinajstić information content (AvgIpc) is 2.00. The molecule has 0 rings (SSSR count). The quantitative estimate of drug-likeness (QED) is 0.643. The van der Waals surface area contributed by atoms with Crippen LogP contribution in [0.15, 0.2) is 0 Å². The van der Waals surface area contributed by atoms with Crippen LogP contribution in [-0.2, 0) is 14.6 Å². The van der Waals surface area contributed by atoms with E-state index < -0.39 is 9.84 Å². The first-order chi connectivity index (χ1) is 5.98. The normalized spacial score (nSPS) is 12.3. The molecule has 0 aromatic rings. The molecule has 0 aromatic heterocycles. The minimum atomic E-state index is -2.93. The molecular weight excluding hydrogens is 190 g/mol. The molecule has 0 atom stereocenters. The first kappa shape index (κ1) is 12.9. The minimum Gasteiger partial charge on any atom is -0.384 e. The van der Waals surface area contributed by atoms with Gasteiger partial charge < -0.3 is 10.1 Å². The van der Waals surface area contributed by atoms with Crippen molar-refractivity contribution in [2.75, 3.05) is 31.8 Å². The summed E-state index contributed by atoms with van der Waals surface area (Å²) < 4.78 is 27.2. The van der Waals surface area contributed by atoms with E-state index in [1.54, 1.807) is 0 Å². The average molecular weight is 209 g/mol. The van der Waals surface area contributed by atoms with Crippen molar-refractivity contribution in [1.29, 1.82) is 0 Å². The van der Waals surface area contributed by atoms with Crippen molar-refractivity contribution < 1.29 is 13.2 Å². The number of rotatable bonds is 7. The SMILES string of the molecule is COCCS(=O)(=O)CCNC(C)C. The van der Waals surface area contributed by atoms with Crippen molar-refractivity contribution in [3.8, 4) is 0 Å². The Kier molecular flexibility index (Phi) is 6.28. The first-order valence-corrected chi connectivity index (χ1v) is 6.23. The highest BCUT2D eigenvalue weighted by atomic mass is 32.2. The summed E-state index contributed by atoms with van der Waals surface area (Å²) in [7, 11) is -1.43. The van der Waals surface area contributed by atoms with Gasteiger partial charge in [0.25, 0.3) is 0 Å². The lowest BCUT2D eigenvalue weighted by Gasteiger charge is -2.08. The fraction of sp³-hybridized carbons (Fsp3) is 1.00. The summed E-state index contributed by atoms with van der Waals surface area (Å²) in [6, 6.07) is 0.331. The molecule has 0 saturated heterocycles. The summed E-state index contributed by atoms with van der Waals surface area (Å²) in [5.74, 6) is 0.303. The minimum absolute atomic E-state index is 0.114. The molecule has 4 nitrogen and oxygen atoms in total. The molecule has 0 unspecified atom stereocenters. The Balaban J connectivity index is 3.64. The van der Waals surface area contributed by atoms with Crippen LogP contribution in [0.4, 0.5) is 0 Å². The Morgan fingerprint density at radius 3 is 2.38 bits per heavy atom. The van der Waals surface area contributed by atoms with Crippen molar-refractivity contribution in [3.05, 3.63) is 0 Å². The van der Waals surface area contributed by atoms with Gasteiger partial charge in [-0.3, -0.25) is 0 Å². The van der Waals surface area contributed by atoms with Crippen molar-refractivity contribution in [1.82, 2.24) is 5.32 Å². The third kappa shape index (κ3) is 8.21. The molecule has 1 N–H and O–H groups in total. The van der Waals surface area contributed by atoms with E-state index in [0.717, 1.165) is 0 Å². The molecule has 0 saturated carbocycles. The maximum absolute atomic E-state index is 11.3. The number of methoxy groups -OCH3 is 1. The smallest absolute Gasteiger partial charge is 0.153 e. The molecule has 80 valence electrons. The third-order valence-electron chi connectivity index (χ3n) is 1.56. The van der Waals surface area contributed by atoms with Crippen LogP contribution in [0.5, 0.6) is 0 Å².